The van der Waals surface area contributed by atoms with E-state index in [2.05, 4.69) is 217 Å². The highest BCUT2D eigenvalue weighted by Gasteiger charge is 2.18. The summed E-state index contributed by atoms with van der Waals surface area (Å²) in [6, 6.07) is 78.0. The van der Waals surface area contributed by atoms with E-state index >= 15 is 0 Å². The summed E-state index contributed by atoms with van der Waals surface area (Å²) in [5.74, 6) is 0. The van der Waals surface area contributed by atoms with Gasteiger partial charge in [-0.3, -0.25) is 4.40 Å². The Bertz CT molecular complexity index is 3240. The van der Waals surface area contributed by atoms with Gasteiger partial charge in [0.2, 0.25) is 0 Å². The molecule has 0 aliphatic heterocycles. The first-order valence-electron chi connectivity index (χ1n) is 20.1. The van der Waals surface area contributed by atoms with Gasteiger partial charge < -0.3 is 0 Å². The largest absolute Gasteiger partial charge is 0.299 e. The summed E-state index contributed by atoms with van der Waals surface area (Å²) < 4.78 is 2.19. The summed E-state index contributed by atoms with van der Waals surface area (Å²) in [6.07, 6.45) is 2.10. The van der Waals surface area contributed by atoms with Crippen molar-refractivity contribution in [3.63, 3.8) is 0 Å². The lowest BCUT2D eigenvalue weighted by molar-refractivity contribution is 1.19. The van der Waals surface area contributed by atoms with Gasteiger partial charge in [0, 0.05) is 28.5 Å². The minimum absolute atomic E-state index is 0.924. The van der Waals surface area contributed by atoms with Gasteiger partial charge in [0.25, 0.3) is 0 Å². The van der Waals surface area contributed by atoms with E-state index in [1.165, 1.54) is 27.1 Å². The van der Waals surface area contributed by atoms with Crippen LogP contribution in [0.2, 0.25) is 0 Å². The Labute approximate surface area is 343 Å². The monoisotopic (exact) mass is 751 g/mol. The van der Waals surface area contributed by atoms with Gasteiger partial charge in [-0.15, -0.1) is 0 Å². The molecule has 0 unspecified atom stereocenters. The maximum absolute atomic E-state index is 5.21. The lowest BCUT2D eigenvalue weighted by Crippen LogP contribution is -1.93. The van der Waals surface area contributed by atoms with Crippen molar-refractivity contribution in [1.82, 2.24) is 14.4 Å². The van der Waals surface area contributed by atoms with Crippen molar-refractivity contribution in [1.29, 1.82) is 0 Å². The fourth-order valence-electron chi connectivity index (χ4n) is 8.51. The molecule has 0 bridgehead atoms. The maximum Gasteiger partial charge on any atom is 0.137 e. The Kier molecular flexibility index (Phi) is 8.49. The third kappa shape index (κ3) is 6.36. The molecule has 8 aromatic carbocycles. The van der Waals surface area contributed by atoms with Gasteiger partial charge in [0.1, 0.15) is 5.65 Å². The Balaban J connectivity index is 1.12. The van der Waals surface area contributed by atoms with E-state index in [1.54, 1.807) is 0 Å². The second kappa shape index (κ2) is 14.6. The zero-order valence-corrected chi connectivity index (χ0v) is 32.2. The predicted molar refractivity (Wildman–Crippen MR) is 246 cm³/mol. The smallest absolute Gasteiger partial charge is 0.137 e. The Hall–Kier alpha value is -7.88. The van der Waals surface area contributed by atoms with E-state index in [-0.39, 0.29) is 0 Å². The summed E-state index contributed by atoms with van der Waals surface area (Å²) in [7, 11) is 0. The number of imidazole rings is 1. The summed E-state index contributed by atoms with van der Waals surface area (Å²) in [5, 5.41) is 4.97. The summed E-state index contributed by atoms with van der Waals surface area (Å²) in [4.78, 5) is 10.3. The number of fused-ring (bicyclic) bond motifs is 4. The van der Waals surface area contributed by atoms with E-state index in [4.69, 9.17) is 9.97 Å². The molecular formula is C56H37N3. The zero-order valence-electron chi connectivity index (χ0n) is 32.2. The number of hydrogen-bond donors (Lipinski definition) is 0. The first-order valence-corrected chi connectivity index (χ1v) is 20.1. The molecule has 3 nitrogen and oxygen atoms in total. The predicted octanol–water partition coefficient (Wildman–Crippen LogP) is 14.7. The molecule has 0 aliphatic rings. The number of pyridine rings is 2. The molecule has 0 radical (unpaired) electrons. The zero-order chi connectivity index (χ0) is 39.1. The van der Waals surface area contributed by atoms with Crippen molar-refractivity contribution in [2.75, 3.05) is 0 Å². The molecule has 0 fully saturated rings. The van der Waals surface area contributed by atoms with Crippen LogP contribution in [0.4, 0.5) is 0 Å². The van der Waals surface area contributed by atoms with Gasteiger partial charge in [0.15, 0.2) is 0 Å². The molecule has 3 heteroatoms. The molecular weight excluding hydrogens is 715 g/mol. The van der Waals surface area contributed by atoms with Crippen molar-refractivity contribution in [2.45, 2.75) is 0 Å². The average molecular weight is 752 g/mol. The van der Waals surface area contributed by atoms with Gasteiger partial charge in [-0.2, -0.15) is 0 Å². The van der Waals surface area contributed by atoms with Crippen molar-refractivity contribution in [2.24, 2.45) is 0 Å². The third-order valence-corrected chi connectivity index (χ3v) is 11.4. The normalized spacial score (nSPS) is 11.4. The molecule has 0 spiro atoms. The fraction of sp³-hybridized carbons (Fsp3) is 0. The van der Waals surface area contributed by atoms with Gasteiger partial charge >= 0.3 is 0 Å². The van der Waals surface area contributed by atoms with Crippen LogP contribution in [0.1, 0.15) is 0 Å². The first kappa shape index (κ1) is 34.4. The van der Waals surface area contributed by atoms with E-state index in [0.29, 0.717) is 0 Å². The average Bonchev–Trinajstić information content (AvgIpc) is 3.72. The van der Waals surface area contributed by atoms with Crippen LogP contribution in [0.15, 0.2) is 225 Å². The van der Waals surface area contributed by atoms with Crippen LogP contribution < -0.4 is 0 Å². The minimum atomic E-state index is 0.924. The van der Waals surface area contributed by atoms with Crippen LogP contribution >= 0.6 is 0 Å². The molecule has 0 saturated carbocycles. The lowest BCUT2D eigenvalue weighted by atomic mass is 9.88. The summed E-state index contributed by atoms with van der Waals surface area (Å²) in [6.45, 7) is 0. The van der Waals surface area contributed by atoms with Crippen LogP contribution in [0, 0.1) is 0 Å². The standard InChI is InChI=1S/C56H37N3/c1-4-16-39(17-5-1)52-36-46(37-53(57-52)40-18-6-2-7-19-40)45-32-44(33-47(34-45)51-35-43-22-10-11-23-48(43)49-24-12-13-25-50(49)51)38-27-29-42(30-28-38)56-55(41-20-8-3-9-21-41)58-54-26-14-15-31-59(54)56/h1-37H. The van der Waals surface area contributed by atoms with Crippen molar-refractivity contribution < 1.29 is 0 Å². The van der Waals surface area contributed by atoms with Gasteiger partial charge in [-0.1, -0.05) is 170 Å². The Morgan fingerprint density at radius 1 is 0.305 bits per heavy atom. The van der Waals surface area contributed by atoms with E-state index in [9.17, 15) is 0 Å². The molecule has 59 heavy (non-hydrogen) atoms. The second-order valence-corrected chi connectivity index (χ2v) is 15.0. The van der Waals surface area contributed by atoms with Crippen molar-refractivity contribution in [3.8, 4) is 78.4 Å². The second-order valence-electron chi connectivity index (χ2n) is 15.0. The number of nitrogens with zero attached hydrogens (tertiary/aromatic N) is 3. The number of hydrogen-bond acceptors (Lipinski definition) is 2. The topological polar surface area (TPSA) is 30.2 Å². The molecule has 3 heterocycles. The van der Waals surface area contributed by atoms with Gasteiger partial charge in [0.05, 0.1) is 22.8 Å². The fourth-order valence-corrected chi connectivity index (χ4v) is 8.51. The lowest BCUT2D eigenvalue weighted by Gasteiger charge is -2.16. The quantitative estimate of drug-likeness (QED) is 0.152. The molecule has 276 valence electrons. The number of rotatable bonds is 7. The Morgan fingerprint density at radius 2 is 0.814 bits per heavy atom. The van der Waals surface area contributed by atoms with Crippen LogP contribution in [0.3, 0.4) is 0 Å². The van der Waals surface area contributed by atoms with Gasteiger partial charge in [-0.05, 0) is 103 Å². The minimum Gasteiger partial charge on any atom is -0.299 e. The van der Waals surface area contributed by atoms with Crippen molar-refractivity contribution in [3.05, 3.63) is 225 Å². The molecule has 0 saturated heterocycles. The molecule has 0 atom stereocenters. The van der Waals surface area contributed by atoms with E-state index < -0.39 is 0 Å². The molecule has 0 amide bonds. The van der Waals surface area contributed by atoms with Crippen molar-refractivity contribution >= 4 is 27.2 Å². The molecule has 11 aromatic rings. The highest BCUT2D eigenvalue weighted by molar-refractivity contribution is 6.14. The highest BCUT2D eigenvalue weighted by atomic mass is 15.0. The SMILES string of the molecule is c1ccc(-c2cc(-c3cc(-c4ccc(-c5c(-c6ccccc6)nc6ccccn56)cc4)cc(-c4cc5ccccc5c5ccccc45)c3)cc(-c3ccccc3)n2)cc1. The van der Waals surface area contributed by atoms with Crippen LogP contribution in [-0.2, 0) is 0 Å². The van der Waals surface area contributed by atoms with Gasteiger partial charge in [-0.25, -0.2) is 9.97 Å². The third-order valence-electron chi connectivity index (χ3n) is 11.4. The van der Waals surface area contributed by atoms with E-state index in [0.717, 1.165) is 78.5 Å². The molecule has 11 rings (SSSR count). The molecule has 0 aliphatic carbocycles. The number of aromatic nitrogens is 3. The first-order chi connectivity index (χ1) is 29.2. The van der Waals surface area contributed by atoms with Crippen LogP contribution in [0.5, 0.6) is 0 Å². The van der Waals surface area contributed by atoms with Crippen LogP contribution in [-0.4, -0.2) is 14.4 Å². The maximum atomic E-state index is 5.21. The highest BCUT2D eigenvalue weighted by Crippen LogP contribution is 2.41. The van der Waals surface area contributed by atoms with Crippen LogP contribution in [0.25, 0.3) is 106 Å². The van der Waals surface area contributed by atoms with E-state index in [1.807, 2.05) is 12.1 Å². The molecule has 3 aromatic heterocycles. The number of benzene rings is 8. The molecule has 0 N–H and O–H groups in total. The summed E-state index contributed by atoms with van der Waals surface area (Å²) >= 11 is 0. The summed E-state index contributed by atoms with van der Waals surface area (Å²) in [5.41, 5.74) is 16.1. The Morgan fingerprint density at radius 3 is 1.49 bits per heavy atom.